The summed E-state index contributed by atoms with van der Waals surface area (Å²) in [5.41, 5.74) is 1.46. The van der Waals surface area contributed by atoms with Gasteiger partial charge in [-0.25, -0.2) is 4.98 Å². The van der Waals surface area contributed by atoms with E-state index in [0.29, 0.717) is 29.6 Å². The molecule has 2 aromatic carbocycles. The minimum atomic E-state index is -4.39. The lowest BCUT2D eigenvalue weighted by molar-refractivity contribution is -0.137. The third-order valence-electron chi connectivity index (χ3n) is 7.15. The van der Waals surface area contributed by atoms with Crippen LogP contribution in [0.2, 0.25) is 18.1 Å². The molecule has 5 nitrogen and oxygen atoms in total. The lowest BCUT2D eigenvalue weighted by atomic mass is 9.94. The van der Waals surface area contributed by atoms with Crippen molar-refractivity contribution in [3.63, 3.8) is 0 Å². The Morgan fingerprint density at radius 3 is 2.12 bits per heavy atom. The van der Waals surface area contributed by atoms with E-state index in [0.717, 1.165) is 23.4 Å². The zero-order chi connectivity index (χ0) is 29.7. The number of methoxy groups -OCH3 is 1. The highest BCUT2D eigenvalue weighted by Gasteiger charge is 2.40. The Morgan fingerprint density at radius 1 is 0.950 bits per heavy atom. The molecule has 1 aromatic heterocycles. The Balaban J connectivity index is 1.88. The molecule has 2 unspecified atom stereocenters. The zero-order valence-electron chi connectivity index (χ0n) is 24.3. The van der Waals surface area contributed by atoms with E-state index in [1.165, 1.54) is 12.1 Å². The van der Waals surface area contributed by atoms with E-state index in [1.807, 2.05) is 31.2 Å². The quantitative estimate of drug-likeness (QED) is 0.203. The summed E-state index contributed by atoms with van der Waals surface area (Å²) in [4.78, 5) is 8.82. The molecule has 0 saturated heterocycles. The number of hydrogen-bond acceptors (Lipinski definition) is 5. The fourth-order valence-corrected chi connectivity index (χ4v) is 4.85. The Bertz CT molecular complexity index is 1340. The molecule has 3 aromatic rings. The molecule has 214 valence electrons. The second kappa shape index (κ2) is 12.4. The number of hydrogen-bond donors (Lipinski definition) is 0. The Kier molecular flexibility index (Phi) is 9.70. The fraction of sp³-hybridized carbons (Fsp3) is 0.419. The van der Waals surface area contributed by atoms with Crippen molar-refractivity contribution in [1.29, 1.82) is 0 Å². The van der Waals surface area contributed by atoms with Gasteiger partial charge in [-0.3, -0.25) is 0 Å². The molecule has 0 spiro atoms. The van der Waals surface area contributed by atoms with Crippen molar-refractivity contribution in [2.45, 2.75) is 77.6 Å². The summed E-state index contributed by atoms with van der Waals surface area (Å²) in [5, 5.41) is -0.0826. The number of nitrogens with zero attached hydrogens (tertiary/aromatic N) is 2. The van der Waals surface area contributed by atoms with Crippen molar-refractivity contribution in [3.8, 4) is 23.5 Å². The minimum Gasteiger partial charge on any atom is -0.497 e. The SMILES string of the molecule is COc1ccc(COc2cc(C#CC(O[Si](C)(C)C(C)(C)C)C(C)c3ccc(C(F)(F)F)cc3)nc(C)n2)cc1. The van der Waals surface area contributed by atoms with Gasteiger partial charge in [0.05, 0.1) is 12.7 Å². The maximum atomic E-state index is 13.1. The van der Waals surface area contributed by atoms with E-state index in [4.69, 9.17) is 13.9 Å². The number of ether oxygens (including phenoxy) is 2. The van der Waals surface area contributed by atoms with Gasteiger partial charge < -0.3 is 13.9 Å². The first-order valence-electron chi connectivity index (χ1n) is 13.1. The highest BCUT2D eigenvalue weighted by Crippen LogP contribution is 2.39. The highest BCUT2D eigenvalue weighted by atomic mass is 28.4. The second-order valence-corrected chi connectivity index (χ2v) is 16.0. The van der Waals surface area contributed by atoms with E-state index in [-0.39, 0.29) is 11.0 Å². The van der Waals surface area contributed by atoms with Crippen molar-refractivity contribution in [2.75, 3.05) is 7.11 Å². The molecule has 0 aliphatic heterocycles. The summed E-state index contributed by atoms with van der Waals surface area (Å²) in [7, 11) is -0.655. The summed E-state index contributed by atoms with van der Waals surface area (Å²) in [5.74, 6) is 7.73. The molecule has 0 saturated carbocycles. The summed E-state index contributed by atoms with van der Waals surface area (Å²) in [6.45, 7) is 14.6. The monoisotopic (exact) mass is 570 g/mol. The molecule has 0 aliphatic rings. The standard InChI is InChI=1S/C31H37F3N2O3Si/c1-21(24-11-13-25(14-12-24)31(32,33)34)28(39-40(7,8)30(3,4)5)18-15-26-19-29(36-22(2)35-26)38-20-23-9-16-27(37-6)17-10-23/h9-14,16-17,19,21,28H,20H2,1-8H3. The lowest BCUT2D eigenvalue weighted by Crippen LogP contribution is -2.44. The first kappa shape index (κ1) is 31.2. The van der Waals surface area contributed by atoms with Gasteiger partial charge in [0.15, 0.2) is 8.32 Å². The maximum Gasteiger partial charge on any atom is 0.416 e. The Labute approximate surface area is 236 Å². The summed E-state index contributed by atoms with van der Waals surface area (Å²) in [6.07, 6.45) is -4.95. The normalized spacial score (nSPS) is 13.7. The number of aromatic nitrogens is 2. The van der Waals surface area contributed by atoms with Crippen molar-refractivity contribution in [1.82, 2.24) is 9.97 Å². The van der Waals surface area contributed by atoms with E-state index in [1.54, 1.807) is 20.1 Å². The molecule has 0 fully saturated rings. The van der Waals surface area contributed by atoms with Gasteiger partial charge in [0.25, 0.3) is 0 Å². The number of alkyl halides is 3. The van der Waals surface area contributed by atoms with Crippen molar-refractivity contribution in [2.24, 2.45) is 0 Å². The van der Waals surface area contributed by atoms with Crippen LogP contribution >= 0.6 is 0 Å². The lowest BCUT2D eigenvalue weighted by Gasteiger charge is -2.39. The Morgan fingerprint density at radius 2 is 1.57 bits per heavy atom. The molecule has 3 rings (SSSR count). The molecule has 9 heteroatoms. The average Bonchev–Trinajstić information content (AvgIpc) is 2.88. The van der Waals surface area contributed by atoms with Crippen LogP contribution in [0, 0.1) is 18.8 Å². The van der Waals surface area contributed by atoms with E-state index < -0.39 is 26.2 Å². The third-order valence-corrected chi connectivity index (χ3v) is 11.6. The van der Waals surface area contributed by atoms with Crippen molar-refractivity contribution >= 4 is 8.32 Å². The van der Waals surface area contributed by atoms with Crippen LogP contribution in [-0.2, 0) is 17.2 Å². The molecular weight excluding hydrogens is 533 g/mol. The molecule has 1 heterocycles. The molecule has 0 amide bonds. The van der Waals surface area contributed by atoms with E-state index in [9.17, 15) is 13.2 Å². The van der Waals surface area contributed by atoms with Gasteiger partial charge in [-0.05, 0) is 66.4 Å². The Hall–Kier alpha value is -3.35. The number of aryl methyl sites for hydroxylation is 1. The van der Waals surface area contributed by atoms with Crippen LogP contribution in [0.5, 0.6) is 11.6 Å². The largest absolute Gasteiger partial charge is 0.497 e. The molecule has 0 radical (unpaired) electrons. The van der Waals surface area contributed by atoms with Crippen molar-refractivity contribution < 1.29 is 27.1 Å². The predicted octanol–water partition coefficient (Wildman–Crippen LogP) is 7.94. The van der Waals surface area contributed by atoms with Gasteiger partial charge in [-0.15, -0.1) is 0 Å². The van der Waals surface area contributed by atoms with Crippen LogP contribution in [0.25, 0.3) is 0 Å². The summed E-state index contributed by atoms with van der Waals surface area (Å²) in [6, 6.07) is 14.4. The first-order chi connectivity index (χ1) is 18.6. The van der Waals surface area contributed by atoms with Crippen LogP contribution in [0.3, 0.4) is 0 Å². The van der Waals surface area contributed by atoms with Gasteiger partial charge in [-0.1, -0.05) is 57.9 Å². The van der Waals surface area contributed by atoms with Gasteiger partial charge >= 0.3 is 6.18 Å². The number of benzene rings is 2. The van der Waals surface area contributed by atoms with E-state index >= 15 is 0 Å². The van der Waals surface area contributed by atoms with Crippen LogP contribution in [0.1, 0.15) is 61.8 Å². The van der Waals surface area contributed by atoms with Crippen molar-refractivity contribution in [3.05, 3.63) is 82.8 Å². The van der Waals surface area contributed by atoms with Crippen LogP contribution in [0.4, 0.5) is 13.2 Å². The molecule has 0 bridgehead atoms. The second-order valence-electron chi connectivity index (χ2n) is 11.3. The topological polar surface area (TPSA) is 53.5 Å². The van der Waals surface area contributed by atoms with Gasteiger partial charge in [-0.2, -0.15) is 18.2 Å². The predicted molar refractivity (Wildman–Crippen MR) is 153 cm³/mol. The van der Waals surface area contributed by atoms with Gasteiger partial charge in [0.2, 0.25) is 5.88 Å². The molecule has 40 heavy (non-hydrogen) atoms. The maximum absolute atomic E-state index is 13.1. The number of halogens is 3. The summed E-state index contributed by atoms with van der Waals surface area (Å²) >= 11 is 0. The average molecular weight is 571 g/mol. The van der Waals surface area contributed by atoms with Crippen LogP contribution in [0.15, 0.2) is 54.6 Å². The molecule has 2 atom stereocenters. The fourth-order valence-electron chi connectivity index (χ4n) is 3.60. The molecule has 0 N–H and O–H groups in total. The smallest absolute Gasteiger partial charge is 0.416 e. The van der Waals surface area contributed by atoms with Gasteiger partial charge in [0, 0.05) is 12.0 Å². The number of rotatable bonds is 8. The zero-order valence-corrected chi connectivity index (χ0v) is 25.3. The molecule has 0 aliphatic carbocycles. The third kappa shape index (κ3) is 8.32. The highest BCUT2D eigenvalue weighted by molar-refractivity contribution is 6.74. The van der Waals surface area contributed by atoms with Gasteiger partial charge in [0.1, 0.15) is 30.0 Å². The minimum absolute atomic E-state index is 0.0826. The first-order valence-corrected chi connectivity index (χ1v) is 16.0. The van der Waals surface area contributed by atoms with Crippen LogP contribution < -0.4 is 9.47 Å². The van der Waals surface area contributed by atoms with E-state index in [2.05, 4.69) is 55.7 Å². The van der Waals surface area contributed by atoms with Crippen LogP contribution in [-0.4, -0.2) is 31.5 Å². The summed E-state index contributed by atoms with van der Waals surface area (Å²) < 4.78 is 57.1. The molecular formula is C31H37F3N2O3Si.